The minimum atomic E-state index is 0.951. The second-order valence-corrected chi connectivity index (χ2v) is 4.37. The summed E-state index contributed by atoms with van der Waals surface area (Å²) in [7, 11) is 1.71. The summed E-state index contributed by atoms with van der Waals surface area (Å²) in [6.07, 6.45) is 9.41. The largest absolute Gasteiger partial charge is 0.497 e. The van der Waals surface area contributed by atoms with Gasteiger partial charge in [0.05, 0.1) is 7.11 Å². The molecule has 18 heavy (non-hydrogen) atoms. The molecule has 1 nitrogen and oxygen atoms in total. The van der Waals surface area contributed by atoms with Crippen LogP contribution in [0.1, 0.15) is 64.9 Å². The number of aryl methyl sites for hydroxylation is 1. The molecule has 0 aliphatic rings. The Bertz CT molecular complexity index is 263. The van der Waals surface area contributed by atoms with Crippen molar-refractivity contribution in [2.45, 2.75) is 65.7 Å². The molecule has 1 rings (SSSR count). The number of hydrogen-bond acceptors (Lipinski definition) is 1. The topological polar surface area (TPSA) is 9.23 Å². The van der Waals surface area contributed by atoms with Gasteiger partial charge in [-0.1, -0.05) is 65.0 Å². The molecule has 1 heteroatoms. The van der Waals surface area contributed by atoms with E-state index < -0.39 is 0 Å². The van der Waals surface area contributed by atoms with Crippen LogP contribution >= 0.6 is 0 Å². The normalized spacial score (nSPS) is 9.56. The summed E-state index contributed by atoms with van der Waals surface area (Å²) in [6, 6.07) is 8.44. The fourth-order valence-electron chi connectivity index (χ4n) is 1.90. The van der Waals surface area contributed by atoms with Crippen molar-refractivity contribution in [3.8, 4) is 5.75 Å². The smallest absolute Gasteiger partial charge is 0.118 e. The molecule has 0 fully saturated rings. The van der Waals surface area contributed by atoms with Crippen LogP contribution in [-0.4, -0.2) is 7.11 Å². The van der Waals surface area contributed by atoms with Crippen molar-refractivity contribution in [3.05, 3.63) is 29.8 Å². The van der Waals surface area contributed by atoms with E-state index in [0.29, 0.717) is 0 Å². The first-order chi connectivity index (χ1) is 8.86. The SMILES string of the molecule is CC.CCCCCCCCc1ccc(OC)cc1. The van der Waals surface area contributed by atoms with Crippen molar-refractivity contribution in [2.24, 2.45) is 0 Å². The summed E-state index contributed by atoms with van der Waals surface area (Å²) in [5.74, 6) is 0.951. The molecule has 0 aromatic heterocycles. The van der Waals surface area contributed by atoms with Crippen molar-refractivity contribution >= 4 is 0 Å². The Kier molecular flexibility index (Phi) is 11.8. The Balaban J connectivity index is 0.00000137. The second kappa shape index (κ2) is 12.5. The van der Waals surface area contributed by atoms with Gasteiger partial charge in [-0.3, -0.25) is 0 Å². The standard InChI is InChI=1S/C15H24O.C2H6/c1-3-4-5-6-7-8-9-14-10-12-15(16-2)13-11-14;1-2/h10-13H,3-9H2,1-2H3;1-2H3. The molecule has 0 spiro atoms. The predicted molar refractivity (Wildman–Crippen MR) is 81.4 cm³/mol. The number of hydrogen-bond donors (Lipinski definition) is 0. The third kappa shape index (κ3) is 8.16. The van der Waals surface area contributed by atoms with Crippen LogP contribution in [0.5, 0.6) is 5.75 Å². The van der Waals surface area contributed by atoms with Crippen molar-refractivity contribution in [1.29, 1.82) is 0 Å². The number of benzene rings is 1. The summed E-state index contributed by atoms with van der Waals surface area (Å²) in [5, 5.41) is 0. The Morgan fingerprint density at radius 1 is 0.833 bits per heavy atom. The van der Waals surface area contributed by atoms with Crippen LogP contribution in [0.15, 0.2) is 24.3 Å². The average molecular weight is 250 g/mol. The summed E-state index contributed by atoms with van der Waals surface area (Å²) in [6.45, 7) is 6.26. The second-order valence-electron chi connectivity index (χ2n) is 4.37. The van der Waals surface area contributed by atoms with Crippen LogP contribution in [0.4, 0.5) is 0 Å². The zero-order valence-corrected chi connectivity index (χ0v) is 12.7. The van der Waals surface area contributed by atoms with E-state index in [1.807, 2.05) is 26.0 Å². The molecule has 0 unspecified atom stereocenters. The Morgan fingerprint density at radius 2 is 1.39 bits per heavy atom. The highest BCUT2D eigenvalue weighted by Crippen LogP contribution is 2.14. The van der Waals surface area contributed by atoms with E-state index in [2.05, 4.69) is 19.1 Å². The molecular weight excluding hydrogens is 220 g/mol. The van der Waals surface area contributed by atoms with Crippen LogP contribution < -0.4 is 4.74 Å². The molecule has 0 aliphatic carbocycles. The third-order valence-electron chi connectivity index (χ3n) is 2.98. The van der Waals surface area contributed by atoms with Crippen molar-refractivity contribution in [3.63, 3.8) is 0 Å². The van der Waals surface area contributed by atoms with Gasteiger partial charge in [0.2, 0.25) is 0 Å². The first-order valence-corrected chi connectivity index (χ1v) is 7.49. The lowest BCUT2D eigenvalue weighted by Crippen LogP contribution is -1.87. The summed E-state index contributed by atoms with van der Waals surface area (Å²) >= 11 is 0. The predicted octanol–water partition coefficient (Wildman–Crippen LogP) is 5.62. The van der Waals surface area contributed by atoms with Crippen molar-refractivity contribution in [1.82, 2.24) is 0 Å². The van der Waals surface area contributed by atoms with Crippen LogP contribution in [0, 0.1) is 0 Å². The van der Waals surface area contributed by atoms with E-state index in [9.17, 15) is 0 Å². The number of unbranched alkanes of at least 4 members (excludes halogenated alkanes) is 5. The zero-order chi connectivity index (χ0) is 13.6. The average Bonchev–Trinajstić information content (AvgIpc) is 2.45. The van der Waals surface area contributed by atoms with Gasteiger partial charge in [-0.05, 0) is 30.5 Å². The lowest BCUT2D eigenvalue weighted by molar-refractivity contribution is 0.414. The van der Waals surface area contributed by atoms with Crippen molar-refractivity contribution < 1.29 is 4.74 Å². The molecular formula is C17H30O. The van der Waals surface area contributed by atoms with E-state index in [1.54, 1.807) is 7.11 Å². The van der Waals surface area contributed by atoms with E-state index in [1.165, 1.54) is 50.5 Å². The molecule has 1 aromatic carbocycles. The Labute approximate surface area is 114 Å². The quantitative estimate of drug-likeness (QED) is 0.544. The van der Waals surface area contributed by atoms with Crippen LogP contribution in [-0.2, 0) is 6.42 Å². The van der Waals surface area contributed by atoms with E-state index >= 15 is 0 Å². The van der Waals surface area contributed by atoms with Gasteiger partial charge in [0.25, 0.3) is 0 Å². The molecule has 0 saturated heterocycles. The maximum Gasteiger partial charge on any atom is 0.118 e. The molecule has 0 N–H and O–H groups in total. The molecule has 0 saturated carbocycles. The molecule has 0 radical (unpaired) electrons. The van der Waals surface area contributed by atoms with Gasteiger partial charge in [0, 0.05) is 0 Å². The van der Waals surface area contributed by atoms with E-state index in [4.69, 9.17) is 4.74 Å². The van der Waals surface area contributed by atoms with Crippen molar-refractivity contribution in [2.75, 3.05) is 7.11 Å². The lowest BCUT2D eigenvalue weighted by Gasteiger charge is -2.03. The molecule has 0 heterocycles. The Morgan fingerprint density at radius 3 is 1.94 bits per heavy atom. The Hall–Kier alpha value is -0.980. The highest BCUT2D eigenvalue weighted by atomic mass is 16.5. The zero-order valence-electron chi connectivity index (χ0n) is 12.7. The molecule has 0 atom stereocenters. The van der Waals surface area contributed by atoms with Crippen LogP contribution in [0.3, 0.4) is 0 Å². The first-order valence-electron chi connectivity index (χ1n) is 7.49. The van der Waals surface area contributed by atoms with Gasteiger partial charge >= 0.3 is 0 Å². The monoisotopic (exact) mass is 250 g/mol. The van der Waals surface area contributed by atoms with E-state index in [-0.39, 0.29) is 0 Å². The van der Waals surface area contributed by atoms with Gasteiger partial charge in [-0.25, -0.2) is 0 Å². The van der Waals surface area contributed by atoms with Crippen LogP contribution in [0.2, 0.25) is 0 Å². The number of ether oxygens (including phenoxy) is 1. The molecule has 0 bridgehead atoms. The van der Waals surface area contributed by atoms with Gasteiger partial charge in [-0.15, -0.1) is 0 Å². The third-order valence-corrected chi connectivity index (χ3v) is 2.98. The fraction of sp³-hybridized carbons (Fsp3) is 0.647. The van der Waals surface area contributed by atoms with Gasteiger partial charge in [0.15, 0.2) is 0 Å². The molecule has 0 amide bonds. The van der Waals surface area contributed by atoms with Gasteiger partial charge < -0.3 is 4.74 Å². The number of methoxy groups -OCH3 is 1. The van der Waals surface area contributed by atoms with E-state index in [0.717, 1.165) is 5.75 Å². The summed E-state index contributed by atoms with van der Waals surface area (Å²) in [5.41, 5.74) is 1.43. The fourth-order valence-corrected chi connectivity index (χ4v) is 1.90. The first kappa shape index (κ1) is 17.0. The van der Waals surface area contributed by atoms with Gasteiger partial charge in [-0.2, -0.15) is 0 Å². The molecule has 0 aliphatic heterocycles. The van der Waals surface area contributed by atoms with Crippen LogP contribution in [0.25, 0.3) is 0 Å². The maximum absolute atomic E-state index is 5.14. The summed E-state index contributed by atoms with van der Waals surface area (Å²) in [4.78, 5) is 0. The molecule has 104 valence electrons. The highest BCUT2D eigenvalue weighted by molar-refractivity contribution is 5.27. The van der Waals surface area contributed by atoms with Gasteiger partial charge in [0.1, 0.15) is 5.75 Å². The maximum atomic E-state index is 5.14. The molecule has 1 aromatic rings. The lowest BCUT2D eigenvalue weighted by atomic mass is 10.1. The minimum Gasteiger partial charge on any atom is -0.497 e. The highest BCUT2D eigenvalue weighted by Gasteiger charge is 1.95. The number of rotatable bonds is 8. The summed E-state index contributed by atoms with van der Waals surface area (Å²) < 4.78 is 5.14. The minimum absolute atomic E-state index is 0.951.